The molecule has 0 aliphatic rings. The Bertz CT molecular complexity index is 776. The van der Waals surface area contributed by atoms with Gasteiger partial charge in [-0.2, -0.15) is 5.10 Å². The fourth-order valence-electron chi connectivity index (χ4n) is 3.43. The second-order valence-corrected chi connectivity index (χ2v) is 7.94. The second-order valence-electron chi connectivity index (χ2n) is 7.53. The van der Waals surface area contributed by atoms with Crippen LogP contribution in [-0.4, -0.2) is 23.0 Å². The van der Waals surface area contributed by atoms with Gasteiger partial charge in [-0.15, -0.1) is 0 Å². The molecular formula is C24H35N3OS. The van der Waals surface area contributed by atoms with Crippen LogP contribution in [0.25, 0.3) is 10.8 Å². The van der Waals surface area contributed by atoms with Crippen molar-refractivity contribution in [2.75, 3.05) is 6.54 Å². The standard InChI is InChI=1S/C24H35N3OS/c1-2-3-4-5-6-7-8-9-10-13-18-25-24(29)27-26-19-22-21-15-12-11-14-20(21)16-17-23(22)28/h11-12,14-17,19,28H,2-10,13,18H2,1H3,(H2,25,27,29). The van der Waals surface area contributed by atoms with Crippen molar-refractivity contribution >= 4 is 34.3 Å². The van der Waals surface area contributed by atoms with Crippen LogP contribution in [0, 0.1) is 0 Å². The lowest BCUT2D eigenvalue weighted by atomic mass is 10.0. The normalized spacial score (nSPS) is 11.2. The zero-order chi connectivity index (χ0) is 20.7. The fraction of sp³-hybridized carbons (Fsp3) is 0.500. The summed E-state index contributed by atoms with van der Waals surface area (Å²) in [6, 6.07) is 11.5. The van der Waals surface area contributed by atoms with E-state index >= 15 is 0 Å². The number of hydrazone groups is 1. The third kappa shape index (κ3) is 8.82. The maximum Gasteiger partial charge on any atom is 0.186 e. The van der Waals surface area contributed by atoms with Gasteiger partial charge in [0.05, 0.1) is 6.21 Å². The Morgan fingerprint density at radius 1 is 0.931 bits per heavy atom. The van der Waals surface area contributed by atoms with Gasteiger partial charge in [-0.1, -0.05) is 95.0 Å². The lowest BCUT2D eigenvalue weighted by Crippen LogP contribution is -2.32. The summed E-state index contributed by atoms with van der Waals surface area (Å²) in [7, 11) is 0. The zero-order valence-corrected chi connectivity index (χ0v) is 18.4. The molecule has 0 aromatic heterocycles. The average molecular weight is 414 g/mol. The van der Waals surface area contributed by atoms with Crippen molar-refractivity contribution in [1.29, 1.82) is 0 Å². The topological polar surface area (TPSA) is 56.7 Å². The van der Waals surface area contributed by atoms with E-state index in [9.17, 15) is 5.11 Å². The van der Waals surface area contributed by atoms with Crippen molar-refractivity contribution < 1.29 is 5.11 Å². The van der Waals surface area contributed by atoms with Crippen molar-refractivity contribution in [3.05, 3.63) is 42.0 Å². The van der Waals surface area contributed by atoms with Crippen molar-refractivity contribution in [2.24, 2.45) is 5.10 Å². The predicted octanol–water partition coefficient (Wildman–Crippen LogP) is 6.26. The number of benzene rings is 2. The highest BCUT2D eigenvalue weighted by Gasteiger charge is 2.04. The van der Waals surface area contributed by atoms with Gasteiger partial charge >= 0.3 is 0 Å². The zero-order valence-electron chi connectivity index (χ0n) is 17.6. The van der Waals surface area contributed by atoms with Crippen LogP contribution in [0.4, 0.5) is 0 Å². The van der Waals surface area contributed by atoms with Gasteiger partial charge in [0.25, 0.3) is 0 Å². The maximum atomic E-state index is 10.1. The van der Waals surface area contributed by atoms with E-state index in [4.69, 9.17) is 12.2 Å². The smallest absolute Gasteiger partial charge is 0.186 e. The Morgan fingerprint density at radius 2 is 1.59 bits per heavy atom. The molecule has 0 amide bonds. The quantitative estimate of drug-likeness (QED) is 0.157. The molecule has 0 unspecified atom stereocenters. The van der Waals surface area contributed by atoms with Gasteiger partial charge in [0.1, 0.15) is 5.75 Å². The highest BCUT2D eigenvalue weighted by molar-refractivity contribution is 7.80. The minimum atomic E-state index is 0.207. The van der Waals surface area contributed by atoms with E-state index in [1.54, 1.807) is 12.3 Å². The number of phenolic OH excluding ortho intramolecular Hbond substituents is 1. The number of aromatic hydroxyl groups is 1. The molecule has 0 atom stereocenters. The number of hydrogen-bond donors (Lipinski definition) is 3. The van der Waals surface area contributed by atoms with Crippen molar-refractivity contribution in [3.8, 4) is 5.75 Å². The van der Waals surface area contributed by atoms with Crippen molar-refractivity contribution in [1.82, 2.24) is 10.7 Å². The van der Waals surface area contributed by atoms with Gasteiger partial charge in [-0.3, -0.25) is 5.43 Å². The molecule has 2 aromatic carbocycles. The summed E-state index contributed by atoms with van der Waals surface area (Å²) < 4.78 is 0. The van der Waals surface area contributed by atoms with E-state index < -0.39 is 0 Å². The van der Waals surface area contributed by atoms with Crippen LogP contribution >= 0.6 is 12.2 Å². The van der Waals surface area contributed by atoms with Crippen molar-refractivity contribution in [3.63, 3.8) is 0 Å². The number of nitrogens with one attached hydrogen (secondary N) is 2. The molecule has 2 rings (SSSR count). The van der Waals surface area contributed by atoms with E-state index in [1.807, 2.05) is 30.3 Å². The number of hydrogen-bond acceptors (Lipinski definition) is 3. The SMILES string of the molecule is CCCCCCCCCCCCNC(=S)NN=Cc1c(O)ccc2ccccc12. The van der Waals surface area contributed by atoms with Crippen molar-refractivity contribution in [2.45, 2.75) is 71.1 Å². The van der Waals surface area contributed by atoms with Gasteiger partial charge < -0.3 is 10.4 Å². The van der Waals surface area contributed by atoms with E-state index in [-0.39, 0.29) is 5.75 Å². The molecular weight excluding hydrogens is 378 g/mol. The minimum absolute atomic E-state index is 0.207. The number of rotatable bonds is 13. The first-order chi connectivity index (χ1) is 14.2. The molecule has 0 aliphatic heterocycles. The number of fused-ring (bicyclic) bond motifs is 1. The summed E-state index contributed by atoms with van der Waals surface area (Å²) in [5.74, 6) is 0.207. The van der Waals surface area contributed by atoms with Crippen LogP contribution in [-0.2, 0) is 0 Å². The molecule has 4 nitrogen and oxygen atoms in total. The molecule has 158 valence electrons. The molecule has 0 aliphatic carbocycles. The molecule has 29 heavy (non-hydrogen) atoms. The number of nitrogens with zero attached hydrogens (tertiary/aromatic N) is 1. The van der Waals surface area contributed by atoms with Crippen LogP contribution in [0.3, 0.4) is 0 Å². The van der Waals surface area contributed by atoms with Crippen LogP contribution in [0.5, 0.6) is 5.75 Å². The molecule has 0 saturated carbocycles. The Kier molecular flexibility index (Phi) is 11.1. The molecule has 3 N–H and O–H groups in total. The molecule has 0 radical (unpaired) electrons. The molecule has 0 bridgehead atoms. The Hall–Kier alpha value is -2.14. The Balaban J connectivity index is 1.58. The largest absolute Gasteiger partial charge is 0.507 e. The maximum absolute atomic E-state index is 10.1. The molecule has 2 aromatic rings. The highest BCUT2D eigenvalue weighted by Crippen LogP contribution is 2.25. The van der Waals surface area contributed by atoms with E-state index in [1.165, 1.54) is 57.8 Å². The van der Waals surface area contributed by atoms with E-state index in [2.05, 4.69) is 22.8 Å². The summed E-state index contributed by atoms with van der Waals surface area (Å²) in [4.78, 5) is 0. The minimum Gasteiger partial charge on any atom is -0.507 e. The lowest BCUT2D eigenvalue weighted by molar-refractivity contribution is 0.475. The first kappa shape index (κ1) is 23.1. The van der Waals surface area contributed by atoms with Crippen LogP contribution < -0.4 is 10.7 Å². The number of phenols is 1. The van der Waals surface area contributed by atoms with Gasteiger partial charge in [-0.05, 0) is 35.5 Å². The molecule has 0 fully saturated rings. The first-order valence-corrected chi connectivity index (χ1v) is 11.4. The van der Waals surface area contributed by atoms with Gasteiger partial charge in [-0.25, -0.2) is 0 Å². The average Bonchev–Trinajstić information content (AvgIpc) is 2.73. The Morgan fingerprint density at radius 3 is 2.31 bits per heavy atom. The van der Waals surface area contributed by atoms with E-state index in [0.717, 1.165) is 23.7 Å². The number of thiocarbonyl (C=S) groups is 1. The van der Waals surface area contributed by atoms with Crippen LogP contribution in [0.15, 0.2) is 41.5 Å². The monoisotopic (exact) mass is 413 g/mol. The van der Waals surface area contributed by atoms with Gasteiger partial charge in [0.15, 0.2) is 5.11 Å². The number of unbranched alkanes of at least 4 members (excludes halogenated alkanes) is 9. The molecule has 0 spiro atoms. The first-order valence-electron chi connectivity index (χ1n) is 11.0. The second kappa shape index (κ2) is 13.9. The van der Waals surface area contributed by atoms with Gasteiger partial charge in [0.2, 0.25) is 0 Å². The third-order valence-electron chi connectivity index (χ3n) is 5.12. The summed E-state index contributed by atoms with van der Waals surface area (Å²) >= 11 is 5.27. The fourth-order valence-corrected chi connectivity index (χ4v) is 3.58. The Labute approximate surface area is 180 Å². The highest BCUT2D eigenvalue weighted by atomic mass is 32.1. The van der Waals surface area contributed by atoms with E-state index in [0.29, 0.717) is 10.7 Å². The summed E-state index contributed by atoms with van der Waals surface area (Å²) in [5.41, 5.74) is 3.53. The molecule has 0 saturated heterocycles. The molecule has 0 heterocycles. The third-order valence-corrected chi connectivity index (χ3v) is 5.36. The summed E-state index contributed by atoms with van der Waals surface area (Å²) in [6.07, 6.45) is 14.9. The van der Waals surface area contributed by atoms with Crippen LogP contribution in [0.1, 0.15) is 76.7 Å². The molecule has 5 heteroatoms. The van der Waals surface area contributed by atoms with Gasteiger partial charge in [0, 0.05) is 12.1 Å². The summed E-state index contributed by atoms with van der Waals surface area (Å²) in [5, 5.41) is 20.0. The lowest BCUT2D eigenvalue weighted by Gasteiger charge is -2.08. The van der Waals surface area contributed by atoms with Crippen LogP contribution in [0.2, 0.25) is 0 Å². The predicted molar refractivity (Wildman–Crippen MR) is 129 cm³/mol. The summed E-state index contributed by atoms with van der Waals surface area (Å²) in [6.45, 7) is 3.12.